The minimum absolute atomic E-state index is 0.00461. The number of carbonyl (C=O) groups excluding carboxylic acids is 1. The summed E-state index contributed by atoms with van der Waals surface area (Å²) >= 11 is 0. The van der Waals surface area contributed by atoms with Crippen molar-refractivity contribution in [3.63, 3.8) is 0 Å². The molecule has 0 fully saturated rings. The molecule has 0 aromatic heterocycles. The van der Waals surface area contributed by atoms with Gasteiger partial charge in [-0.25, -0.2) is 4.57 Å². The van der Waals surface area contributed by atoms with Gasteiger partial charge in [-0.3, -0.25) is 13.8 Å². The fourth-order valence-electron chi connectivity index (χ4n) is 5.25. The van der Waals surface area contributed by atoms with E-state index < -0.39 is 26.0 Å². The van der Waals surface area contributed by atoms with Gasteiger partial charge in [-0.2, -0.15) is 0 Å². The first-order chi connectivity index (χ1) is 25.8. The summed E-state index contributed by atoms with van der Waals surface area (Å²) in [6, 6.07) is 0. The first-order valence-corrected chi connectivity index (χ1v) is 22.1. The highest BCUT2D eigenvalue weighted by molar-refractivity contribution is 7.47. The molecule has 53 heavy (non-hydrogen) atoms. The fourth-order valence-corrected chi connectivity index (χ4v) is 6.02. The van der Waals surface area contributed by atoms with Gasteiger partial charge in [-0.05, 0) is 57.4 Å². The SMILES string of the molecule is CC/C=C\C(O)C/C=C/C=C\C/C=C\C/C=C\CCCC(=O)O[C@H](CO/C=C/CCCCCCCCCCCCCCCC)COP(=O)(O)OCCN. The topological polar surface area (TPSA) is 138 Å². The van der Waals surface area contributed by atoms with E-state index in [9.17, 15) is 19.4 Å². The van der Waals surface area contributed by atoms with Crippen molar-refractivity contribution >= 4 is 13.8 Å². The van der Waals surface area contributed by atoms with Crippen molar-refractivity contribution in [1.29, 1.82) is 0 Å². The number of carbonyl (C=O) groups is 1. The maximum atomic E-state index is 12.5. The lowest BCUT2D eigenvalue weighted by molar-refractivity contribution is -0.153. The Kier molecular flexibility index (Phi) is 37.8. The molecule has 0 aromatic rings. The lowest BCUT2D eigenvalue weighted by atomic mass is 10.0. The summed E-state index contributed by atoms with van der Waals surface area (Å²) in [7, 11) is -4.32. The molecule has 0 amide bonds. The molecule has 4 N–H and O–H groups in total. The number of unbranched alkanes of at least 4 members (excludes halogenated alkanes) is 15. The maximum Gasteiger partial charge on any atom is 0.472 e. The summed E-state index contributed by atoms with van der Waals surface area (Å²) < 4.78 is 33.0. The number of ether oxygens (including phenoxy) is 2. The molecule has 0 saturated carbocycles. The van der Waals surface area contributed by atoms with E-state index >= 15 is 0 Å². The molecule has 0 aliphatic heterocycles. The summed E-state index contributed by atoms with van der Waals surface area (Å²) in [5, 5.41) is 9.75. The molecule has 0 aliphatic rings. The highest BCUT2D eigenvalue weighted by Gasteiger charge is 2.25. The third-order valence-electron chi connectivity index (χ3n) is 8.28. The van der Waals surface area contributed by atoms with Crippen LogP contribution in [0.1, 0.15) is 155 Å². The summed E-state index contributed by atoms with van der Waals surface area (Å²) in [6.45, 7) is 3.91. The molecule has 10 heteroatoms. The highest BCUT2D eigenvalue weighted by atomic mass is 31.2. The molecule has 0 bridgehead atoms. The zero-order valence-electron chi connectivity index (χ0n) is 33.3. The maximum absolute atomic E-state index is 12.5. The van der Waals surface area contributed by atoms with Crippen molar-refractivity contribution in [3.05, 3.63) is 73.1 Å². The van der Waals surface area contributed by atoms with E-state index in [1.807, 2.05) is 49.5 Å². The van der Waals surface area contributed by atoms with Gasteiger partial charge in [0.2, 0.25) is 0 Å². The van der Waals surface area contributed by atoms with Crippen LogP contribution in [0, 0.1) is 0 Å². The molecular weight excluding hydrogens is 689 g/mol. The van der Waals surface area contributed by atoms with Crippen LogP contribution in [0.15, 0.2) is 73.1 Å². The lowest BCUT2D eigenvalue weighted by Gasteiger charge is -2.19. The number of phosphoric ester groups is 1. The Morgan fingerprint density at radius 3 is 1.92 bits per heavy atom. The van der Waals surface area contributed by atoms with E-state index in [-0.39, 0.29) is 32.8 Å². The van der Waals surface area contributed by atoms with Gasteiger partial charge in [0.1, 0.15) is 6.61 Å². The van der Waals surface area contributed by atoms with Gasteiger partial charge in [0, 0.05) is 13.0 Å². The predicted octanol–water partition coefficient (Wildman–Crippen LogP) is 11.3. The molecule has 0 aromatic carbocycles. The van der Waals surface area contributed by atoms with Crippen LogP contribution < -0.4 is 5.73 Å². The summed E-state index contributed by atoms with van der Waals surface area (Å²) in [5.41, 5.74) is 5.35. The second kappa shape index (κ2) is 39.4. The van der Waals surface area contributed by atoms with Gasteiger partial charge < -0.3 is 25.2 Å². The van der Waals surface area contributed by atoms with Gasteiger partial charge in [-0.15, -0.1) is 0 Å². The van der Waals surface area contributed by atoms with Crippen molar-refractivity contribution in [3.8, 4) is 0 Å². The van der Waals surface area contributed by atoms with Crippen LogP contribution in [-0.2, 0) is 27.9 Å². The van der Waals surface area contributed by atoms with E-state index in [4.69, 9.17) is 24.3 Å². The molecule has 9 nitrogen and oxygen atoms in total. The van der Waals surface area contributed by atoms with Crippen LogP contribution >= 0.6 is 7.82 Å². The summed E-state index contributed by atoms with van der Waals surface area (Å²) in [6.07, 6.45) is 46.4. The Balaban J connectivity index is 4.26. The number of aliphatic hydroxyl groups excluding tert-OH is 1. The average Bonchev–Trinajstić information content (AvgIpc) is 3.14. The molecule has 0 radical (unpaired) electrons. The zero-order valence-corrected chi connectivity index (χ0v) is 34.2. The second-order valence-corrected chi connectivity index (χ2v) is 14.8. The quantitative estimate of drug-likeness (QED) is 0.0140. The van der Waals surface area contributed by atoms with Crippen LogP contribution in [0.2, 0.25) is 0 Å². The Morgan fingerprint density at radius 1 is 0.698 bits per heavy atom. The first-order valence-electron chi connectivity index (χ1n) is 20.6. The number of phosphoric acid groups is 1. The Bertz CT molecular complexity index is 1050. The van der Waals surface area contributed by atoms with Crippen molar-refractivity contribution < 1.29 is 37.9 Å². The molecule has 2 unspecified atom stereocenters. The van der Waals surface area contributed by atoms with Crippen molar-refractivity contribution in [2.24, 2.45) is 5.73 Å². The number of hydrogen-bond acceptors (Lipinski definition) is 8. The Labute approximate surface area is 323 Å². The lowest BCUT2D eigenvalue weighted by Crippen LogP contribution is -2.27. The number of esters is 1. The van der Waals surface area contributed by atoms with Gasteiger partial charge in [0.05, 0.1) is 25.6 Å². The predicted molar refractivity (Wildman–Crippen MR) is 220 cm³/mol. The van der Waals surface area contributed by atoms with E-state index in [0.717, 1.165) is 38.5 Å². The van der Waals surface area contributed by atoms with Crippen LogP contribution in [0.3, 0.4) is 0 Å². The second-order valence-electron chi connectivity index (χ2n) is 13.4. The molecule has 0 rings (SSSR count). The average molecular weight is 766 g/mol. The number of nitrogens with two attached hydrogens (primary N) is 1. The standard InChI is InChI=1S/C43H76NO8P/c1-3-5-7-8-9-10-11-12-13-14-17-20-23-26-29-32-37-49-39-42(40-51-53(47,48)50-38-36-44)52-43(46)35-31-28-25-22-19-16-15-18-21-24-27-30-34-41(45)33-6-4-2/h6,15-16,21-22,24-25,27,30,32-33,37,41-42,45H,3-5,7-14,17-20,23,26,28-29,31,34-36,38-40,44H2,1-2H3,(H,47,48)/b16-15-,24-21-,25-22-,30-27+,33-6-,37-32+/t41?,42-/m1/s1. The van der Waals surface area contributed by atoms with Crippen molar-refractivity contribution in [1.82, 2.24) is 0 Å². The molecule has 0 spiro atoms. The van der Waals surface area contributed by atoms with E-state index in [1.165, 1.54) is 83.5 Å². The summed E-state index contributed by atoms with van der Waals surface area (Å²) in [4.78, 5) is 22.4. The van der Waals surface area contributed by atoms with E-state index in [0.29, 0.717) is 12.8 Å². The largest absolute Gasteiger partial charge is 0.498 e. The molecule has 0 saturated heterocycles. The van der Waals surface area contributed by atoms with Gasteiger partial charge in [0.15, 0.2) is 6.10 Å². The number of rotatable bonds is 38. The first kappa shape index (κ1) is 50.7. The highest BCUT2D eigenvalue weighted by Crippen LogP contribution is 2.43. The molecule has 3 atom stereocenters. The minimum atomic E-state index is -4.32. The van der Waals surface area contributed by atoms with Crippen molar-refractivity contribution in [2.45, 2.75) is 167 Å². The monoisotopic (exact) mass is 766 g/mol. The number of hydrogen-bond donors (Lipinski definition) is 3. The van der Waals surface area contributed by atoms with Gasteiger partial charge >= 0.3 is 13.8 Å². The van der Waals surface area contributed by atoms with Crippen molar-refractivity contribution in [2.75, 3.05) is 26.4 Å². The van der Waals surface area contributed by atoms with Crippen LogP contribution in [-0.4, -0.2) is 54.5 Å². The third kappa shape index (κ3) is 39.3. The normalized spacial score (nSPS) is 14.8. The number of allylic oxidation sites excluding steroid dienone is 9. The summed E-state index contributed by atoms with van der Waals surface area (Å²) in [5.74, 6) is -0.426. The zero-order chi connectivity index (χ0) is 38.9. The molecule has 0 aliphatic carbocycles. The molecule has 306 valence electrons. The van der Waals surface area contributed by atoms with Gasteiger partial charge in [0.25, 0.3) is 0 Å². The van der Waals surface area contributed by atoms with Crippen LogP contribution in [0.25, 0.3) is 0 Å². The van der Waals surface area contributed by atoms with E-state index in [2.05, 4.69) is 31.2 Å². The Hall–Kier alpha value is -2.26. The minimum Gasteiger partial charge on any atom is -0.498 e. The van der Waals surface area contributed by atoms with Crippen LogP contribution in [0.4, 0.5) is 0 Å². The van der Waals surface area contributed by atoms with Gasteiger partial charge in [-0.1, -0.05) is 158 Å². The fraction of sp³-hybridized carbons (Fsp3) is 0.698. The Morgan fingerprint density at radius 2 is 1.28 bits per heavy atom. The van der Waals surface area contributed by atoms with E-state index in [1.54, 1.807) is 6.26 Å². The third-order valence-corrected chi connectivity index (χ3v) is 9.26. The van der Waals surface area contributed by atoms with Crippen LogP contribution in [0.5, 0.6) is 0 Å². The molecule has 0 heterocycles. The number of aliphatic hydroxyl groups is 1. The smallest absolute Gasteiger partial charge is 0.472 e. The molecular formula is C43H76NO8P.